The Morgan fingerprint density at radius 2 is 2.12 bits per heavy atom. The minimum atomic E-state index is -0.00820. The predicted octanol–water partition coefficient (Wildman–Crippen LogP) is 3.31. The van der Waals surface area contributed by atoms with Crippen LogP contribution >= 0.6 is 15.9 Å². The van der Waals surface area contributed by atoms with Crippen molar-refractivity contribution in [2.24, 2.45) is 5.92 Å². The van der Waals surface area contributed by atoms with E-state index in [1.165, 1.54) is 0 Å². The fourth-order valence-corrected chi connectivity index (χ4v) is 4.71. The highest BCUT2D eigenvalue weighted by Gasteiger charge is 2.30. The molecule has 176 valence electrons. The van der Waals surface area contributed by atoms with Crippen molar-refractivity contribution in [3.05, 3.63) is 47.3 Å². The molecule has 0 aliphatic heterocycles. The van der Waals surface area contributed by atoms with Crippen molar-refractivity contribution in [2.75, 3.05) is 25.6 Å². The van der Waals surface area contributed by atoms with Gasteiger partial charge in [0.15, 0.2) is 5.65 Å². The molecular formula is C23H25BrN8O2. The normalized spacial score (nSPS) is 17.8. The van der Waals surface area contributed by atoms with Crippen LogP contribution < -0.4 is 10.6 Å². The Morgan fingerprint density at radius 1 is 1.26 bits per heavy atom. The van der Waals surface area contributed by atoms with Crippen molar-refractivity contribution < 1.29 is 9.53 Å². The van der Waals surface area contributed by atoms with Crippen LogP contribution in [0.1, 0.15) is 19.3 Å². The molecule has 3 N–H and O–H groups in total. The lowest BCUT2D eigenvalue weighted by atomic mass is 10.1. The first kappa shape index (κ1) is 22.5. The lowest BCUT2D eigenvalue weighted by molar-refractivity contribution is -0.125. The zero-order chi connectivity index (χ0) is 23.5. The summed E-state index contributed by atoms with van der Waals surface area (Å²) in [6.45, 7) is 1.05. The summed E-state index contributed by atoms with van der Waals surface area (Å²) in [5.74, 6) is 0.602. The highest BCUT2D eigenvalue weighted by molar-refractivity contribution is 9.10. The minimum absolute atomic E-state index is 0.00820. The average Bonchev–Trinajstić information content (AvgIpc) is 3.61. The molecule has 1 aliphatic carbocycles. The molecule has 1 aromatic carbocycles. The number of halogens is 1. The van der Waals surface area contributed by atoms with E-state index in [0.29, 0.717) is 29.4 Å². The first-order chi connectivity index (χ1) is 16.6. The molecule has 0 unspecified atom stereocenters. The number of carbonyl (C=O) groups is 1. The third kappa shape index (κ3) is 4.66. The Balaban J connectivity index is 1.32. The molecule has 10 nitrogen and oxygen atoms in total. The highest BCUT2D eigenvalue weighted by Crippen LogP contribution is 2.29. The summed E-state index contributed by atoms with van der Waals surface area (Å²) in [5.41, 5.74) is 3.58. The monoisotopic (exact) mass is 524 g/mol. The van der Waals surface area contributed by atoms with E-state index in [9.17, 15) is 4.79 Å². The van der Waals surface area contributed by atoms with Gasteiger partial charge >= 0.3 is 0 Å². The minimum Gasteiger partial charge on any atom is -0.383 e. The molecular weight excluding hydrogens is 500 g/mol. The zero-order valence-electron chi connectivity index (χ0n) is 18.7. The number of ether oxygens (including phenoxy) is 1. The van der Waals surface area contributed by atoms with Gasteiger partial charge in [-0.2, -0.15) is 15.2 Å². The number of fused-ring (bicyclic) bond motifs is 1. The maximum atomic E-state index is 12.3. The van der Waals surface area contributed by atoms with Crippen LogP contribution in [0.15, 0.2) is 47.3 Å². The molecule has 11 heteroatoms. The lowest BCUT2D eigenvalue weighted by Gasteiger charge is -2.14. The van der Waals surface area contributed by atoms with Crippen LogP contribution in [0.25, 0.3) is 28.0 Å². The summed E-state index contributed by atoms with van der Waals surface area (Å²) in [6.07, 6.45) is 5.97. The Kier molecular flexibility index (Phi) is 6.54. The molecule has 3 aromatic heterocycles. The summed E-state index contributed by atoms with van der Waals surface area (Å²) in [4.78, 5) is 21.6. The predicted molar refractivity (Wildman–Crippen MR) is 132 cm³/mol. The molecule has 1 saturated carbocycles. The van der Waals surface area contributed by atoms with E-state index in [1.54, 1.807) is 24.2 Å². The molecule has 0 radical (unpaired) electrons. The molecule has 1 aliphatic rings. The van der Waals surface area contributed by atoms with Crippen molar-refractivity contribution in [1.29, 1.82) is 0 Å². The standard InChI is InChI=1S/C23H25BrN8O2/c1-34-11-10-25-22(33)15-2-5-16(12-15)28-23-26-13-18-20(24)31-32(21(18)29-23)17-6-3-14(4-7-17)19-8-9-27-30-19/h3-4,6-9,13,15-16H,2,5,10-12H2,1H3,(H,25,33)(H,27,30)(H,26,28,29)/t15-,16-/m1/s1. The first-order valence-corrected chi connectivity index (χ1v) is 12.0. The molecule has 5 rings (SSSR count). The van der Waals surface area contributed by atoms with Crippen molar-refractivity contribution in [3.8, 4) is 16.9 Å². The molecule has 0 bridgehead atoms. The maximum Gasteiger partial charge on any atom is 0.224 e. The van der Waals surface area contributed by atoms with Gasteiger partial charge < -0.3 is 15.4 Å². The van der Waals surface area contributed by atoms with Gasteiger partial charge in [0.05, 0.1) is 23.4 Å². The number of methoxy groups -OCH3 is 1. The van der Waals surface area contributed by atoms with E-state index in [1.807, 2.05) is 30.3 Å². The summed E-state index contributed by atoms with van der Waals surface area (Å²) in [6, 6.07) is 10.1. The van der Waals surface area contributed by atoms with Gasteiger partial charge in [0, 0.05) is 38.0 Å². The lowest BCUT2D eigenvalue weighted by Crippen LogP contribution is -2.32. The van der Waals surface area contributed by atoms with Crippen LogP contribution in [0.4, 0.5) is 5.95 Å². The van der Waals surface area contributed by atoms with E-state index >= 15 is 0 Å². The molecule has 0 saturated heterocycles. The third-order valence-corrected chi connectivity index (χ3v) is 6.63. The topological polar surface area (TPSA) is 123 Å². The van der Waals surface area contributed by atoms with E-state index in [0.717, 1.165) is 41.6 Å². The van der Waals surface area contributed by atoms with Gasteiger partial charge in [-0.3, -0.25) is 9.89 Å². The van der Waals surface area contributed by atoms with Crippen molar-refractivity contribution >= 4 is 38.8 Å². The summed E-state index contributed by atoms with van der Waals surface area (Å²) in [7, 11) is 1.62. The van der Waals surface area contributed by atoms with Crippen LogP contribution in [-0.2, 0) is 9.53 Å². The number of aromatic amines is 1. The van der Waals surface area contributed by atoms with Gasteiger partial charge in [0.2, 0.25) is 11.9 Å². The first-order valence-electron chi connectivity index (χ1n) is 11.2. The number of carbonyl (C=O) groups excluding carboxylic acids is 1. The fourth-order valence-electron chi connectivity index (χ4n) is 4.27. The Morgan fingerprint density at radius 3 is 2.88 bits per heavy atom. The van der Waals surface area contributed by atoms with Gasteiger partial charge in [-0.15, -0.1) is 0 Å². The number of nitrogens with one attached hydrogen (secondary N) is 3. The summed E-state index contributed by atoms with van der Waals surface area (Å²) < 4.78 is 7.47. The average molecular weight is 525 g/mol. The number of hydrogen-bond acceptors (Lipinski definition) is 7. The van der Waals surface area contributed by atoms with Crippen molar-refractivity contribution in [3.63, 3.8) is 0 Å². The number of hydrogen-bond donors (Lipinski definition) is 3. The smallest absolute Gasteiger partial charge is 0.224 e. The van der Waals surface area contributed by atoms with Crippen LogP contribution in [0.3, 0.4) is 0 Å². The fraction of sp³-hybridized carbons (Fsp3) is 0.348. The number of nitrogens with zero attached hydrogens (tertiary/aromatic N) is 5. The second kappa shape index (κ2) is 9.90. The quantitative estimate of drug-likeness (QED) is 0.302. The van der Waals surface area contributed by atoms with Gasteiger partial charge in [-0.1, -0.05) is 12.1 Å². The number of anilines is 1. The summed E-state index contributed by atoms with van der Waals surface area (Å²) in [5, 5.41) is 18.8. The molecule has 34 heavy (non-hydrogen) atoms. The highest BCUT2D eigenvalue weighted by atomic mass is 79.9. The SMILES string of the molecule is COCCNC(=O)[C@@H]1CC[C@@H](Nc2ncc3c(Br)nn(-c4ccc(-c5ccn[nH]5)cc4)c3n2)C1. The van der Waals surface area contributed by atoms with Gasteiger partial charge in [0.25, 0.3) is 0 Å². The van der Waals surface area contributed by atoms with E-state index < -0.39 is 0 Å². The van der Waals surface area contributed by atoms with Crippen LogP contribution in [0, 0.1) is 5.92 Å². The van der Waals surface area contributed by atoms with Crippen LogP contribution in [-0.4, -0.2) is 62.2 Å². The Labute approximate surface area is 204 Å². The molecule has 2 atom stereocenters. The number of benzene rings is 1. The Hall–Kier alpha value is -3.31. The van der Waals surface area contributed by atoms with Crippen LogP contribution in [0.2, 0.25) is 0 Å². The van der Waals surface area contributed by atoms with Gasteiger partial charge in [-0.25, -0.2) is 9.67 Å². The van der Waals surface area contributed by atoms with Crippen molar-refractivity contribution in [1.82, 2.24) is 35.3 Å². The number of amides is 1. The number of H-pyrrole nitrogens is 1. The Bertz CT molecular complexity index is 1270. The van der Waals surface area contributed by atoms with Gasteiger partial charge in [0.1, 0.15) is 4.60 Å². The van der Waals surface area contributed by atoms with Gasteiger partial charge in [-0.05, 0) is 59.0 Å². The van der Waals surface area contributed by atoms with E-state index in [2.05, 4.69) is 46.8 Å². The summed E-state index contributed by atoms with van der Waals surface area (Å²) >= 11 is 3.52. The molecule has 1 amide bonds. The molecule has 3 heterocycles. The second-order valence-electron chi connectivity index (χ2n) is 8.29. The van der Waals surface area contributed by atoms with E-state index in [-0.39, 0.29) is 17.9 Å². The van der Waals surface area contributed by atoms with Crippen molar-refractivity contribution in [2.45, 2.75) is 25.3 Å². The second-order valence-corrected chi connectivity index (χ2v) is 9.04. The molecule has 0 spiro atoms. The largest absolute Gasteiger partial charge is 0.383 e. The van der Waals surface area contributed by atoms with Crippen LogP contribution in [0.5, 0.6) is 0 Å². The third-order valence-electron chi connectivity index (χ3n) is 6.04. The molecule has 1 fully saturated rings. The number of aromatic nitrogens is 6. The van der Waals surface area contributed by atoms with E-state index in [4.69, 9.17) is 9.72 Å². The maximum absolute atomic E-state index is 12.3. The zero-order valence-corrected chi connectivity index (χ0v) is 20.2. The number of rotatable bonds is 8. The molecule has 4 aromatic rings.